The zero-order chi connectivity index (χ0) is 13.8. The Morgan fingerprint density at radius 1 is 1.26 bits per heavy atom. The molecule has 1 aromatic carbocycles. The van der Waals surface area contributed by atoms with E-state index in [9.17, 15) is 4.79 Å². The van der Waals surface area contributed by atoms with Crippen LogP contribution in [0.15, 0.2) is 34.7 Å². The highest BCUT2D eigenvalue weighted by Gasteiger charge is 2.21. The maximum absolute atomic E-state index is 11.1. The van der Waals surface area contributed by atoms with Crippen LogP contribution in [0.25, 0.3) is 0 Å². The SMILES string of the molecule is CC(C)c1nc(CCc2ccccc2)oc1C(=O)O. The largest absolute Gasteiger partial charge is 0.475 e. The average Bonchev–Trinajstić information content (AvgIpc) is 2.82. The van der Waals surface area contributed by atoms with Gasteiger partial charge in [-0.15, -0.1) is 0 Å². The molecule has 0 amide bonds. The number of rotatable bonds is 5. The first-order valence-electron chi connectivity index (χ1n) is 6.34. The van der Waals surface area contributed by atoms with Crippen LogP contribution in [0.3, 0.4) is 0 Å². The number of hydrogen-bond acceptors (Lipinski definition) is 3. The maximum Gasteiger partial charge on any atom is 0.373 e. The third kappa shape index (κ3) is 3.22. The summed E-state index contributed by atoms with van der Waals surface area (Å²) in [6.45, 7) is 3.82. The number of aromatic carboxylic acids is 1. The van der Waals surface area contributed by atoms with Crippen LogP contribution in [0.5, 0.6) is 0 Å². The van der Waals surface area contributed by atoms with E-state index in [1.165, 1.54) is 5.56 Å². The molecule has 0 saturated carbocycles. The van der Waals surface area contributed by atoms with Gasteiger partial charge in [-0.3, -0.25) is 0 Å². The Morgan fingerprint density at radius 2 is 1.95 bits per heavy atom. The monoisotopic (exact) mass is 259 g/mol. The molecule has 2 aromatic rings. The van der Waals surface area contributed by atoms with Crippen LogP contribution in [0.2, 0.25) is 0 Å². The Hall–Kier alpha value is -2.10. The molecule has 1 aromatic heterocycles. The second kappa shape index (κ2) is 5.69. The fourth-order valence-electron chi connectivity index (χ4n) is 1.93. The molecule has 0 radical (unpaired) electrons. The van der Waals surface area contributed by atoms with Gasteiger partial charge in [0.05, 0.1) is 5.69 Å². The summed E-state index contributed by atoms with van der Waals surface area (Å²) in [7, 11) is 0. The molecule has 1 heterocycles. The highest BCUT2D eigenvalue weighted by molar-refractivity contribution is 5.85. The molecule has 2 rings (SSSR count). The molecule has 1 N–H and O–H groups in total. The van der Waals surface area contributed by atoms with Crippen molar-refractivity contribution in [2.75, 3.05) is 0 Å². The van der Waals surface area contributed by atoms with Crippen molar-refractivity contribution in [2.45, 2.75) is 32.6 Å². The summed E-state index contributed by atoms with van der Waals surface area (Å²) in [6.07, 6.45) is 1.40. The molecule has 0 fully saturated rings. The highest BCUT2D eigenvalue weighted by atomic mass is 16.4. The second-order valence-corrected chi connectivity index (χ2v) is 4.77. The molecule has 0 aliphatic heterocycles. The number of aryl methyl sites for hydroxylation is 2. The third-order valence-electron chi connectivity index (χ3n) is 2.91. The van der Waals surface area contributed by atoms with E-state index < -0.39 is 5.97 Å². The normalized spacial score (nSPS) is 10.9. The maximum atomic E-state index is 11.1. The molecule has 100 valence electrons. The van der Waals surface area contributed by atoms with Crippen LogP contribution in [-0.2, 0) is 12.8 Å². The molecule has 0 saturated heterocycles. The Morgan fingerprint density at radius 3 is 2.47 bits per heavy atom. The predicted octanol–water partition coefficient (Wildman–Crippen LogP) is 3.28. The van der Waals surface area contributed by atoms with Crippen molar-refractivity contribution in [1.82, 2.24) is 4.98 Å². The van der Waals surface area contributed by atoms with E-state index in [2.05, 4.69) is 4.98 Å². The molecule has 0 bridgehead atoms. The summed E-state index contributed by atoms with van der Waals surface area (Å²) >= 11 is 0. The smallest absolute Gasteiger partial charge is 0.373 e. The summed E-state index contributed by atoms with van der Waals surface area (Å²) in [6, 6.07) is 9.99. The highest BCUT2D eigenvalue weighted by Crippen LogP contribution is 2.21. The van der Waals surface area contributed by atoms with Gasteiger partial charge in [0.2, 0.25) is 5.76 Å². The van der Waals surface area contributed by atoms with Crippen LogP contribution in [-0.4, -0.2) is 16.1 Å². The predicted molar refractivity (Wildman–Crippen MR) is 71.4 cm³/mol. The van der Waals surface area contributed by atoms with E-state index in [-0.39, 0.29) is 11.7 Å². The molecular weight excluding hydrogens is 242 g/mol. The summed E-state index contributed by atoms with van der Waals surface area (Å²) in [5, 5.41) is 9.08. The van der Waals surface area contributed by atoms with Gasteiger partial charge in [-0.25, -0.2) is 9.78 Å². The lowest BCUT2D eigenvalue weighted by molar-refractivity contribution is 0.0658. The van der Waals surface area contributed by atoms with Crippen LogP contribution in [0.4, 0.5) is 0 Å². The number of carboxylic acids is 1. The average molecular weight is 259 g/mol. The first kappa shape index (κ1) is 13.3. The molecule has 0 unspecified atom stereocenters. The standard InChI is InChI=1S/C15H17NO3/c1-10(2)13-14(15(17)18)19-12(16-13)9-8-11-6-4-3-5-7-11/h3-7,10H,8-9H2,1-2H3,(H,17,18). The fourth-order valence-corrected chi connectivity index (χ4v) is 1.93. The number of oxazole rings is 1. The van der Waals surface area contributed by atoms with E-state index in [0.717, 1.165) is 6.42 Å². The van der Waals surface area contributed by atoms with E-state index >= 15 is 0 Å². The first-order chi connectivity index (χ1) is 9.08. The minimum atomic E-state index is -1.05. The van der Waals surface area contributed by atoms with Crippen molar-refractivity contribution in [2.24, 2.45) is 0 Å². The number of aromatic nitrogens is 1. The molecular formula is C15H17NO3. The van der Waals surface area contributed by atoms with Gasteiger partial charge in [0.1, 0.15) is 0 Å². The summed E-state index contributed by atoms with van der Waals surface area (Å²) < 4.78 is 5.35. The summed E-state index contributed by atoms with van der Waals surface area (Å²) in [4.78, 5) is 15.4. The van der Waals surface area contributed by atoms with Crippen LogP contribution in [0.1, 0.15) is 47.5 Å². The molecule has 4 nitrogen and oxygen atoms in total. The quantitative estimate of drug-likeness (QED) is 0.895. The lowest BCUT2D eigenvalue weighted by Gasteiger charge is -1.98. The van der Waals surface area contributed by atoms with Crippen molar-refractivity contribution in [3.63, 3.8) is 0 Å². The molecule has 0 aliphatic carbocycles. The molecule has 19 heavy (non-hydrogen) atoms. The van der Waals surface area contributed by atoms with Crippen LogP contribution >= 0.6 is 0 Å². The van der Waals surface area contributed by atoms with Gasteiger partial charge >= 0.3 is 5.97 Å². The minimum Gasteiger partial charge on any atom is -0.475 e. The fraction of sp³-hybridized carbons (Fsp3) is 0.333. The van der Waals surface area contributed by atoms with Crippen molar-refractivity contribution in [1.29, 1.82) is 0 Å². The number of hydrogen-bond donors (Lipinski definition) is 1. The minimum absolute atomic E-state index is 0.0296. The van der Waals surface area contributed by atoms with Gasteiger partial charge in [-0.2, -0.15) is 0 Å². The van der Waals surface area contributed by atoms with E-state index in [1.807, 2.05) is 44.2 Å². The number of nitrogens with zero attached hydrogens (tertiary/aromatic N) is 1. The molecule has 0 atom stereocenters. The molecule has 0 aliphatic rings. The lowest BCUT2D eigenvalue weighted by atomic mass is 10.1. The molecule has 0 spiro atoms. The Balaban J connectivity index is 2.13. The van der Waals surface area contributed by atoms with E-state index in [0.29, 0.717) is 18.0 Å². The van der Waals surface area contributed by atoms with Gasteiger partial charge in [-0.05, 0) is 17.9 Å². The topological polar surface area (TPSA) is 63.3 Å². The van der Waals surface area contributed by atoms with Crippen molar-refractivity contribution in [3.05, 3.63) is 53.2 Å². The number of benzene rings is 1. The van der Waals surface area contributed by atoms with Gasteiger partial charge in [0.25, 0.3) is 0 Å². The number of carbonyl (C=O) groups is 1. The Kier molecular flexibility index (Phi) is 4.00. The van der Waals surface area contributed by atoms with Crippen LogP contribution in [0, 0.1) is 0 Å². The van der Waals surface area contributed by atoms with E-state index in [1.54, 1.807) is 0 Å². The summed E-state index contributed by atoms with van der Waals surface area (Å²) in [5.41, 5.74) is 1.71. The van der Waals surface area contributed by atoms with Gasteiger partial charge in [0, 0.05) is 6.42 Å². The zero-order valence-corrected chi connectivity index (χ0v) is 11.1. The van der Waals surface area contributed by atoms with Crippen molar-refractivity contribution < 1.29 is 14.3 Å². The second-order valence-electron chi connectivity index (χ2n) is 4.77. The first-order valence-corrected chi connectivity index (χ1v) is 6.34. The molecule has 4 heteroatoms. The van der Waals surface area contributed by atoms with Crippen molar-refractivity contribution in [3.8, 4) is 0 Å². The van der Waals surface area contributed by atoms with Gasteiger partial charge < -0.3 is 9.52 Å². The van der Waals surface area contributed by atoms with Gasteiger partial charge in [0.15, 0.2) is 5.89 Å². The Bertz CT molecular complexity index is 558. The number of carboxylic acid groups (broad SMARTS) is 1. The van der Waals surface area contributed by atoms with Gasteiger partial charge in [-0.1, -0.05) is 44.2 Å². The van der Waals surface area contributed by atoms with E-state index in [4.69, 9.17) is 9.52 Å². The van der Waals surface area contributed by atoms with Crippen molar-refractivity contribution >= 4 is 5.97 Å². The lowest BCUT2D eigenvalue weighted by Crippen LogP contribution is -2.01. The zero-order valence-electron chi connectivity index (χ0n) is 11.1. The van der Waals surface area contributed by atoms with Crippen LogP contribution < -0.4 is 0 Å². The summed E-state index contributed by atoms with van der Waals surface area (Å²) in [5.74, 6) is -0.550. The Labute approximate surface area is 112 Å². The third-order valence-corrected chi connectivity index (χ3v) is 2.91.